The molecule has 1 aliphatic rings. The van der Waals surface area contributed by atoms with Crippen LogP contribution < -0.4 is 14.9 Å². The Balaban J connectivity index is 1.46. The van der Waals surface area contributed by atoms with Gasteiger partial charge in [0, 0.05) is 41.1 Å². The minimum atomic E-state index is -3.57. The Hall–Kier alpha value is -2.65. The molecule has 2 aromatic heterocycles. The van der Waals surface area contributed by atoms with Crippen LogP contribution in [0.5, 0.6) is 0 Å². The molecule has 2 N–H and O–H groups in total. The van der Waals surface area contributed by atoms with E-state index >= 15 is 0 Å². The van der Waals surface area contributed by atoms with Crippen molar-refractivity contribution in [1.82, 2.24) is 9.97 Å². The van der Waals surface area contributed by atoms with Crippen LogP contribution >= 0.6 is 11.3 Å². The summed E-state index contributed by atoms with van der Waals surface area (Å²) in [5.74, 6) is 1.48. The van der Waals surface area contributed by atoms with Crippen molar-refractivity contribution >= 4 is 44.5 Å². The van der Waals surface area contributed by atoms with Crippen molar-refractivity contribution in [3.63, 3.8) is 0 Å². The molecular formula is C21H25N5O2S2. The first-order valence-corrected chi connectivity index (χ1v) is 12.3. The molecule has 3 aromatic rings. The summed E-state index contributed by atoms with van der Waals surface area (Å²) in [5, 5.41) is 3.23. The number of nitrogens with zero attached hydrogens (tertiary/aromatic N) is 3. The molecule has 7 nitrogen and oxygen atoms in total. The third kappa shape index (κ3) is 4.91. The fraction of sp³-hybridized carbons (Fsp3) is 0.333. The van der Waals surface area contributed by atoms with E-state index in [9.17, 15) is 8.42 Å². The lowest BCUT2D eigenvalue weighted by Gasteiger charge is -2.28. The number of aryl methyl sites for hydroxylation is 2. The number of hydrogen-bond acceptors (Lipinski definition) is 7. The summed E-state index contributed by atoms with van der Waals surface area (Å²) in [6.07, 6.45) is 3.65. The highest BCUT2D eigenvalue weighted by Crippen LogP contribution is 2.25. The largest absolute Gasteiger partial charge is 0.356 e. The van der Waals surface area contributed by atoms with Gasteiger partial charge in [-0.05, 0) is 69.5 Å². The Morgan fingerprint density at radius 1 is 0.933 bits per heavy atom. The first kappa shape index (κ1) is 20.6. The summed E-state index contributed by atoms with van der Waals surface area (Å²) in [4.78, 5) is 12.4. The Bertz CT molecular complexity index is 1120. The summed E-state index contributed by atoms with van der Waals surface area (Å²) in [5.41, 5.74) is 2.20. The van der Waals surface area contributed by atoms with E-state index in [-0.39, 0.29) is 0 Å². The van der Waals surface area contributed by atoms with Crippen molar-refractivity contribution in [3.05, 3.63) is 53.0 Å². The predicted octanol–water partition coefficient (Wildman–Crippen LogP) is 4.69. The molecule has 0 aliphatic carbocycles. The molecule has 30 heavy (non-hydrogen) atoms. The normalized spacial score (nSPS) is 14.5. The third-order valence-corrected chi connectivity index (χ3v) is 7.77. The second kappa shape index (κ2) is 8.61. The standard InChI is InChI=1S/C21H25N5O2S2/c1-15-14-19(26-12-4-3-5-13-26)24-21(22-15)23-17-7-9-18(10-8-17)25-30(27,28)20-11-6-16(2)29-20/h6-11,14,25H,3-5,12-13H2,1-2H3,(H,22,23,24). The number of nitrogens with one attached hydrogen (secondary N) is 2. The smallest absolute Gasteiger partial charge is 0.271 e. The van der Waals surface area contributed by atoms with E-state index in [1.54, 1.807) is 24.3 Å². The topological polar surface area (TPSA) is 87.2 Å². The average molecular weight is 444 g/mol. The van der Waals surface area contributed by atoms with Crippen molar-refractivity contribution in [2.45, 2.75) is 37.3 Å². The van der Waals surface area contributed by atoms with Crippen molar-refractivity contribution in [3.8, 4) is 0 Å². The lowest BCUT2D eigenvalue weighted by molar-refractivity contribution is 0.573. The minimum absolute atomic E-state index is 0.306. The molecule has 0 saturated carbocycles. The molecule has 0 bridgehead atoms. The summed E-state index contributed by atoms with van der Waals surface area (Å²) in [7, 11) is -3.57. The highest BCUT2D eigenvalue weighted by molar-refractivity contribution is 7.94. The first-order valence-electron chi connectivity index (χ1n) is 9.96. The Morgan fingerprint density at radius 2 is 1.63 bits per heavy atom. The lowest BCUT2D eigenvalue weighted by atomic mass is 10.1. The maximum Gasteiger partial charge on any atom is 0.271 e. The molecule has 3 heterocycles. The fourth-order valence-electron chi connectivity index (χ4n) is 3.41. The number of anilines is 4. The van der Waals surface area contributed by atoms with Gasteiger partial charge in [-0.2, -0.15) is 4.98 Å². The first-order chi connectivity index (χ1) is 14.4. The summed E-state index contributed by atoms with van der Waals surface area (Å²) < 4.78 is 27.9. The molecule has 1 fully saturated rings. The van der Waals surface area contributed by atoms with E-state index in [1.165, 1.54) is 30.6 Å². The third-order valence-electron chi connectivity index (χ3n) is 4.89. The van der Waals surface area contributed by atoms with E-state index in [2.05, 4.69) is 24.9 Å². The molecule has 0 radical (unpaired) electrons. The molecule has 9 heteroatoms. The summed E-state index contributed by atoms with van der Waals surface area (Å²) in [6.45, 7) is 5.89. The second-order valence-corrected chi connectivity index (χ2v) is 10.6. The van der Waals surface area contributed by atoms with Crippen molar-refractivity contribution in [2.24, 2.45) is 0 Å². The van der Waals surface area contributed by atoms with Crippen LogP contribution in [-0.4, -0.2) is 31.5 Å². The van der Waals surface area contributed by atoms with Crippen LogP contribution in [0.2, 0.25) is 0 Å². The number of rotatable bonds is 6. The lowest BCUT2D eigenvalue weighted by Crippen LogP contribution is -2.30. The molecule has 0 amide bonds. The zero-order chi connectivity index (χ0) is 21.1. The van der Waals surface area contributed by atoms with Crippen LogP contribution in [0.15, 0.2) is 46.7 Å². The molecule has 4 rings (SSSR count). The van der Waals surface area contributed by atoms with Gasteiger partial charge in [0.1, 0.15) is 10.0 Å². The second-order valence-electron chi connectivity index (χ2n) is 7.41. The minimum Gasteiger partial charge on any atom is -0.356 e. The predicted molar refractivity (Wildman–Crippen MR) is 122 cm³/mol. The van der Waals surface area contributed by atoms with Gasteiger partial charge in [0.15, 0.2) is 0 Å². The van der Waals surface area contributed by atoms with Gasteiger partial charge >= 0.3 is 0 Å². The van der Waals surface area contributed by atoms with Gasteiger partial charge in [-0.25, -0.2) is 13.4 Å². The van der Waals surface area contributed by atoms with E-state index in [1.807, 2.05) is 32.0 Å². The van der Waals surface area contributed by atoms with Crippen LogP contribution in [0.4, 0.5) is 23.1 Å². The van der Waals surface area contributed by atoms with E-state index in [4.69, 9.17) is 0 Å². The number of thiophene rings is 1. The Morgan fingerprint density at radius 3 is 2.30 bits per heavy atom. The van der Waals surface area contributed by atoms with Gasteiger partial charge in [0.2, 0.25) is 5.95 Å². The molecule has 1 aliphatic heterocycles. The molecule has 0 atom stereocenters. The van der Waals surface area contributed by atoms with Gasteiger partial charge in [-0.3, -0.25) is 4.72 Å². The van der Waals surface area contributed by atoms with Crippen molar-refractivity contribution in [1.29, 1.82) is 0 Å². The SMILES string of the molecule is Cc1cc(N2CCCCC2)nc(Nc2ccc(NS(=O)(=O)c3ccc(C)s3)cc2)n1. The molecule has 0 spiro atoms. The maximum atomic E-state index is 12.5. The number of piperidine rings is 1. The molecule has 1 aromatic carbocycles. The van der Waals surface area contributed by atoms with Gasteiger partial charge in [0.05, 0.1) is 0 Å². The van der Waals surface area contributed by atoms with Gasteiger partial charge in [0.25, 0.3) is 10.0 Å². The number of benzene rings is 1. The van der Waals surface area contributed by atoms with Crippen LogP contribution in [0.1, 0.15) is 29.8 Å². The maximum absolute atomic E-state index is 12.5. The van der Waals surface area contributed by atoms with Gasteiger partial charge in [-0.1, -0.05) is 0 Å². The van der Waals surface area contributed by atoms with Gasteiger partial charge < -0.3 is 10.2 Å². The van der Waals surface area contributed by atoms with E-state index in [0.717, 1.165) is 35.2 Å². The Labute approximate surface area is 181 Å². The fourth-order valence-corrected chi connectivity index (χ4v) is 5.75. The number of aromatic nitrogens is 2. The number of hydrogen-bond donors (Lipinski definition) is 2. The van der Waals surface area contributed by atoms with Crippen LogP contribution in [0.3, 0.4) is 0 Å². The monoisotopic (exact) mass is 443 g/mol. The zero-order valence-electron chi connectivity index (χ0n) is 17.1. The zero-order valence-corrected chi connectivity index (χ0v) is 18.7. The molecule has 0 unspecified atom stereocenters. The highest BCUT2D eigenvalue weighted by Gasteiger charge is 2.17. The van der Waals surface area contributed by atoms with Crippen LogP contribution in [0.25, 0.3) is 0 Å². The molecule has 158 valence electrons. The van der Waals surface area contributed by atoms with Crippen LogP contribution in [0, 0.1) is 13.8 Å². The Kier molecular flexibility index (Phi) is 5.92. The van der Waals surface area contributed by atoms with Crippen molar-refractivity contribution in [2.75, 3.05) is 28.0 Å². The average Bonchev–Trinajstić information content (AvgIpc) is 3.17. The number of sulfonamides is 1. The van der Waals surface area contributed by atoms with Crippen molar-refractivity contribution < 1.29 is 8.42 Å². The van der Waals surface area contributed by atoms with Gasteiger partial charge in [-0.15, -0.1) is 11.3 Å². The highest BCUT2D eigenvalue weighted by atomic mass is 32.2. The van der Waals surface area contributed by atoms with E-state index < -0.39 is 10.0 Å². The summed E-state index contributed by atoms with van der Waals surface area (Å²) >= 11 is 1.25. The molecular weight excluding hydrogens is 418 g/mol. The molecule has 1 saturated heterocycles. The summed E-state index contributed by atoms with van der Waals surface area (Å²) in [6, 6.07) is 12.5. The quantitative estimate of drug-likeness (QED) is 0.575. The van der Waals surface area contributed by atoms with E-state index in [0.29, 0.717) is 15.8 Å². The van der Waals surface area contributed by atoms with Crippen LogP contribution in [-0.2, 0) is 10.0 Å².